The van der Waals surface area contributed by atoms with Crippen LogP contribution in [0.25, 0.3) is 0 Å². The number of nitrogens with two attached hydrogens (primary N) is 1. The van der Waals surface area contributed by atoms with Crippen LogP contribution in [-0.4, -0.2) is 48.4 Å². The lowest BCUT2D eigenvalue weighted by atomic mass is 10.2. The zero-order valence-electron chi connectivity index (χ0n) is 11.8. The van der Waals surface area contributed by atoms with E-state index in [-0.39, 0.29) is 29.0 Å². The molecule has 1 aromatic rings. The summed E-state index contributed by atoms with van der Waals surface area (Å²) in [6, 6.07) is 5.90. The third kappa shape index (κ3) is 5.56. The molecule has 6 nitrogen and oxygen atoms in total. The van der Waals surface area contributed by atoms with Crippen LogP contribution in [-0.2, 0) is 9.84 Å². The van der Waals surface area contributed by atoms with E-state index in [1.54, 1.807) is 0 Å². The highest BCUT2D eigenvalue weighted by molar-refractivity contribution is 8.00. The summed E-state index contributed by atoms with van der Waals surface area (Å²) in [5.41, 5.74) is 5.88. The number of benzene rings is 1. The van der Waals surface area contributed by atoms with Crippen LogP contribution >= 0.6 is 11.8 Å². The maximum absolute atomic E-state index is 12.1. The zero-order valence-corrected chi connectivity index (χ0v) is 13.4. The first-order chi connectivity index (χ1) is 9.90. The summed E-state index contributed by atoms with van der Waals surface area (Å²) in [6.07, 6.45) is 0. The van der Waals surface area contributed by atoms with E-state index in [1.807, 2.05) is 6.92 Å². The van der Waals surface area contributed by atoms with E-state index in [0.29, 0.717) is 11.3 Å². The fourth-order valence-corrected chi connectivity index (χ4v) is 4.32. The number of rotatable bonds is 8. The SMILES string of the molecule is CC(CO)CSCCS(=O)(=O)c1ccc(/C(N)=N/O)cc1. The molecule has 0 aliphatic rings. The number of sulfone groups is 1. The third-order valence-corrected chi connectivity index (χ3v) is 6.12. The van der Waals surface area contributed by atoms with Gasteiger partial charge in [-0.2, -0.15) is 11.8 Å². The van der Waals surface area contributed by atoms with Crippen molar-refractivity contribution >= 4 is 27.4 Å². The lowest BCUT2D eigenvalue weighted by molar-refractivity contribution is 0.250. The van der Waals surface area contributed by atoms with Crippen LogP contribution in [0.4, 0.5) is 0 Å². The summed E-state index contributed by atoms with van der Waals surface area (Å²) in [4.78, 5) is 0.216. The molecule has 8 heteroatoms. The highest BCUT2D eigenvalue weighted by Gasteiger charge is 2.14. The van der Waals surface area contributed by atoms with E-state index < -0.39 is 9.84 Å². The molecular formula is C13H20N2O4S2. The number of oxime groups is 1. The normalized spacial score (nSPS) is 14.1. The molecule has 0 aliphatic carbocycles. The van der Waals surface area contributed by atoms with Crippen LogP contribution in [0.15, 0.2) is 34.3 Å². The molecule has 0 saturated carbocycles. The molecule has 0 aliphatic heterocycles. The average molecular weight is 332 g/mol. The smallest absolute Gasteiger partial charge is 0.179 e. The van der Waals surface area contributed by atoms with Gasteiger partial charge in [0, 0.05) is 17.9 Å². The molecule has 21 heavy (non-hydrogen) atoms. The quantitative estimate of drug-likeness (QED) is 0.214. The fourth-order valence-electron chi connectivity index (χ4n) is 1.51. The molecule has 0 radical (unpaired) electrons. The van der Waals surface area contributed by atoms with Gasteiger partial charge < -0.3 is 16.0 Å². The third-order valence-electron chi connectivity index (χ3n) is 2.83. The first kappa shape index (κ1) is 17.8. The van der Waals surface area contributed by atoms with Gasteiger partial charge in [-0.1, -0.05) is 12.1 Å². The lowest BCUT2D eigenvalue weighted by Crippen LogP contribution is -2.14. The summed E-state index contributed by atoms with van der Waals surface area (Å²) in [5.74, 6) is 1.35. The van der Waals surface area contributed by atoms with E-state index in [0.717, 1.165) is 5.75 Å². The largest absolute Gasteiger partial charge is 0.409 e. The van der Waals surface area contributed by atoms with E-state index in [2.05, 4.69) is 5.16 Å². The second-order valence-electron chi connectivity index (χ2n) is 4.69. The van der Waals surface area contributed by atoms with Gasteiger partial charge >= 0.3 is 0 Å². The average Bonchev–Trinajstić information content (AvgIpc) is 2.50. The number of aliphatic hydroxyl groups is 1. The van der Waals surface area contributed by atoms with Crippen LogP contribution in [0.3, 0.4) is 0 Å². The number of amidine groups is 1. The molecule has 0 amide bonds. The van der Waals surface area contributed by atoms with Crippen molar-refractivity contribution in [2.75, 3.05) is 23.9 Å². The van der Waals surface area contributed by atoms with Gasteiger partial charge in [-0.3, -0.25) is 0 Å². The molecule has 1 rings (SSSR count). The molecule has 1 unspecified atom stereocenters. The van der Waals surface area contributed by atoms with Crippen LogP contribution in [0, 0.1) is 5.92 Å². The Kier molecular flexibility index (Phi) is 7.00. The van der Waals surface area contributed by atoms with Gasteiger partial charge in [0.2, 0.25) is 0 Å². The van der Waals surface area contributed by atoms with Crippen molar-refractivity contribution in [3.05, 3.63) is 29.8 Å². The zero-order chi connectivity index (χ0) is 15.9. The summed E-state index contributed by atoms with van der Waals surface area (Å²) < 4.78 is 24.2. The minimum atomic E-state index is -3.34. The summed E-state index contributed by atoms with van der Waals surface area (Å²) in [7, 11) is -3.34. The van der Waals surface area contributed by atoms with E-state index in [9.17, 15) is 8.42 Å². The fraction of sp³-hybridized carbons (Fsp3) is 0.462. The van der Waals surface area contributed by atoms with Crippen LogP contribution in [0.5, 0.6) is 0 Å². The summed E-state index contributed by atoms with van der Waals surface area (Å²) in [5, 5.41) is 20.3. The summed E-state index contributed by atoms with van der Waals surface area (Å²) >= 11 is 1.51. The number of hydrogen-bond acceptors (Lipinski definition) is 6. The van der Waals surface area contributed by atoms with Crippen molar-refractivity contribution in [3.8, 4) is 0 Å². The molecule has 1 aromatic carbocycles. The Balaban J connectivity index is 2.62. The Morgan fingerprint density at radius 1 is 1.38 bits per heavy atom. The lowest BCUT2D eigenvalue weighted by Gasteiger charge is -2.08. The van der Waals surface area contributed by atoms with E-state index in [4.69, 9.17) is 16.0 Å². The van der Waals surface area contributed by atoms with E-state index >= 15 is 0 Å². The standard InChI is InChI=1S/C13H20N2O4S2/c1-10(8-16)9-20-6-7-21(18,19)12-4-2-11(3-5-12)13(14)15-17/h2-5,10,16-17H,6-9H2,1H3,(H2,14,15). The van der Waals surface area contributed by atoms with Gasteiger partial charge in [0.25, 0.3) is 0 Å². The summed E-state index contributed by atoms with van der Waals surface area (Å²) in [6.45, 7) is 2.02. The molecule has 0 aromatic heterocycles. The highest BCUT2D eigenvalue weighted by Crippen LogP contribution is 2.15. The highest BCUT2D eigenvalue weighted by atomic mass is 32.2. The maximum Gasteiger partial charge on any atom is 0.179 e. The number of hydrogen-bond donors (Lipinski definition) is 3. The first-order valence-corrected chi connectivity index (χ1v) is 9.20. The predicted octanol–water partition coefficient (Wildman–Crippen LogP) is 0.916. The maximum atomic E-state index is 12.1. The Morgan fingerprint density at radius 2 is 2.00 bits per heavy atom. The second-order valence-corrected chi connectivity index (χ2v) is 7.95. The second kappa shape index (κ2) is 8.26. The molecule has 0 fully saturated rings. The predicted molar refractivity (Wildman–Crippen MR) is 84.6 cm³/mol. The number of aliphatic hydroxyl groups excluding tert-OH is 1. The number of thioether (sulfide) groups is 1. The molecule has 0 spiro atoms. The van der Waals surface area contributed by atoms with Gasteiger partial charge in [-0.25, -0.2) is 8.42 Å². The van der Waals surface area contributed by atoms with Crippen molar-refractivity contribution < 1.29 is 18.7 Å². The van der Waals surface area contributed by atoms with Crippen molar-refractivity contribution in [1.29, 1.82) is 0 Å². The number of nitrogens with zero attached hydrogens (tertiary/aromatic N) is 1. The Labute approximate surface area is 129 Å². The molecule has 0 saturated heterocycles. The minimum Gasteiger partial charge on any atom is -0.409 e. The molecule has 0 bridgehead atoms. The van der Waals surface area contributed by atoms with Gasteiger partial charge in [0.15, 0.2) is 15.7 Å². The van der Waals surface area contributed by atoms with Crippen molar-refractivity contribution in [2.24, 2.45) is 16.8 Å². The van der Waals surface area contributed by atoms with E-state index in [1.165, 1.54) is 36.0 Å². The van der Waals surface area contributed by atoms with Crippen molar-refractivity contribution in [2.45, 2.75) is 11.8 Å². The Bertz CT molecular complexity index is 570. The first-order valence-electron chi connectivity index (χ1n) is 6.40. The van der Waals surface area contributed by atoms with Crippen LogP contribution < -0.4 is 5.73 Å². The van der Waals surface area contributed by atoms with Gasteiger partial charge in [-0.05, 0) is 35.9 Å². The monoisotopic (exact) mass is 332 g/mol. The van der Waals surface area contributed by atoms with Gasteiger partial charge in [0.05, 0.1) is 10.6 Å². The molecule has 0 heterocycles. The molecular weight excluding hydrogens is 312 g/mol. The van der Waals surface area contributed by atoms with Crippen molar-refractivity contribution in [1.82, 2.24) is 0 Å². The van der Waals surface area contributed by atoms with Gasteiger partial charge in [0.1, 0.15) is 0 Å². The van der Waals surface area contributed by atoms with Crippen molar-refractivity contribution in [3.63, 3.8) is 0 Å². The topological polar surface area (TPSA) is 113 Å². The molecule has 1 atom stereocenters. The Morgan fingerprint density at radius 3 is 2.52 bits per heavy atom. The molecule has 118 valence electrons. The molecule has 4 N–H and O–H groups in total. The van der Waals surface area contributed by atoms with Crippen LogP contribution in [0.1, 0.15) is 12.5 Å². The van der Waals surface area contributed by atoms with Crippen LogP contribution in [0.2, 0.25) is 0 Å². The van der Waals surface area contributed by atoms with Gasteiger partial charge in [-0.15, -0.1) is 0 Å². The minimum absolute atomic E-state index is 0.0404. The Hall–Kier alpha value is -1.25.